The number of nitrogens with zero attached hydrogens (tertiary/aromatic N) is 1. The quantitative estimate of drug-likeness (QED) is 0.657. The highest BCUT2D eigenvalue weighted by atomic mass is 32.2. The molecule has 0 spiro atoms. The Kier molecular flexibility index (Phi) is 5.79. The molecule has 4 atom stereocenters. The molecule has 5 heteroatoms. The molecule has 31 heavy (non-hydrogen) atoms. The second kappa shape index (κ2) is 8.70. The number of para-hydroxylation sites is 1. The summed E-state index contributed by atoms with van der Waals surface area (Å²) in [5, 5.41) is 3.24. The van der Waals surface area contributed by atoms with Crippen LogP contribution in [0.25, 0.3) is 0 Å². The van der Waals surface area contributed by atoms with Gasteiger partial charge in [-0.25, -0.2) is 0 Å². The number of carbonyl (C=O) groups is 2. The van der Waals surface area contributed by atoms with Crippen molar-refractivity contribution in [3.63, 3.8) is 0 Å². The lowest BCUT2D eigenvalue weighted by Gasteiger charge is -2.28. The van der Waals surface area contributed by atoms with E-state index in [9.17, 15) is 9.59 Å². The first-order chi connectivity index (χ1) is 15.1. The highest BCUT2D eigenvalue weighted by Crippen LogP contribution is 2.49. The fraction of sp³-hybridized carbons (Fsp3) is 0.462. The summed E-state index contributed by atoms with van der Waals surface area (Å²) >= 11 is 1.46. The van der Waals surface area contributed by atoms with Crippen molar-refractivity contribution in [1.82, 2.24) is 5.32 Å². The molecule has 3 aliphatic rings. The Labute approximate surface area is 188 Å². The summed E-state index contributed by atoms with van der Waals surface area (Å²) in [6.07, 6.45) is 6.23. The van der Waals surface area contributed by atoms with Crippen molar-refractivity contribution in [1.29, 1.82) is 0 Å². The van der Waals surface area contributed by atoms with E-state index in [2.05, 4.69) is 18.3 Å². The lowest BCUT2D eigenvalue weighted by Crippen LogP contribution is -2.40. The fourth-order valence-corrected chi connectivity index (χ4v) is 6.77. The van der Waals surface area contributed by atoms with Gasteiger partial charge in [0.15, 0.2) is 0 Å². The number of carbonyl (C=O) groups excluding carboxylic acids is 2. The number of nitrogens with one attached hydrogen (secondary N) is 1. The van der Waals surface area contributed by atoms with Gasteiger partial charge in [0.2, 0.25) is 5.91 Å². The summed E-state index contributed by atoms with van der Waals surface area (Å²) in [5.41, 5.74) is 2.90. The Balaban J connectivity index is 1.22. The minimum atomic E-state index is 0.0174. The van der Waals surface area contributed by atoms with Crippen molar-refractivity contribution in [3.05, 3.63) is 59.7 Å². The Morgan fingerprint density at radius 1 is 1.10 bits per heavy atom. The molecule has 2 aromatic rings. The van der Waals surface area contributed by atoms with E-state index in [1.54, 1.807) is 0 Å². The maximum absolute atomic E-state index is 13.3. The second-order valence-corrected chi connectivity index (χ2v) is 10.3. The van der Waals surface area contributed by atoms with Crippen LogP contribution in [0.15, 0.2) is 53.4 Å². The van der Waals surface area contributed by atoms with Crippen LogP contribution in [0.5, 0.6) is 0 Å². The van der Waals surface area contributed by atoms with E-state index in [1.807, 2.05) is 47.4 Å². The molecular weight excluding hydrogens is 404 g/mol. The highest BCUT2D eigenvalue weighted by molar-refractivity contribution is 8.00. The topological polar surface area (TPSA) is 49.4 Å². The Bertz CT molecular complexity index is 991. The van der Waals surface area contributed by atoms with Gasteiger partial charge in [-0.05, 0) is 74.1 Å². The fourth-order valence-electron chi connectivity index (χ4n) is 5.92. The number of hydrogen-bond donors (Lipinski definition) is 1. The molecule has 4 nitrogen and oxygen atoms in total. The van der Waals surface area contributed by atoms with E-state index in [0.717, 1.165) is 28.8 Å². The van der Waals surface area contributed by atoms with Crippen molar-refractivity contribution in [2.24, 2.45) is 17.8 Å². The third-order valence-electron chi connectivity index (χ3n) is 7.43. The molecule has 2 saturated carbocycles. The highest BCUT2D eigenvalue weighted by Gasteiger charge is 2.42. The predicted octanol–water partition coefficient (Wildman–Crippen LogP) is 4.92. The normalized spacial score (nSPS) is 24.8. The van der Waals surface area contributed by atoms with Crippen LogP contribution in [0.3, 0.4) is 0 Å². The number of rotatable bonds is 6. The van der Waals surface area contributed by atoms with E-state index >= 15 is 0 Å². The van der Waals surface area contributed by atoms with Crippen molar-refractivity contribution in [2.75, 3.05) is 17.2 Å². The maximum Gasteiger partial charge on any atom is 0.259 e. The zero-order chi connectivity index (χ0) is 21.4. The molecule has 2 amide bonds. The average Bonchev–Trinajstić information content (AvgIpc) is 3.53. The van der Waals surface area contributed by atoms with Crippen molar-refractivity contribution in [2.45, 2.75) is 50.0 Å². The summed E-state index contributed by atoms with van der Waals surface area (Å²) in [7, 11) is 0. The number of fused-ring (bicyclic) bond motifs is 3. The van der Waals surface area contributed by atoms with E-state index in [0.29, 0.717) is 23.8 Å². The standard InChI is InChI=1S/C26H30N2O2S/c1-17(22-15-18-10-11-20(22)14-18)27-25(29)16-31-24-9-5-3-7-21(24)26(30)28-13-12-19-6-2-4-8-23(19)28/h2-9,17-18,20,22H,10-16H2,1H3,(H,27,29). The Hall–Kier alpha value is -2.27. The first-order valence-electron chi connectivity index (χ1n) is 11.5. The van der Waals surface area contributed by atoms with E-state index in [-0.39, 0.29) is 17.9 Å². The van der Waals surface area contributed by atoms with Gasteiger partial charge in [-0.2, -0.15) is 0 Å². The van der Waals surface area contributed by atoms with Crippen molar-refractivity contribution >= 4 is 29.3 Å². The van der Waals surface area contributed by atoms with Crippen LogP contribution in [0.2, 0.25) is 0 Å². The van der Waals surface area contributed by atoms with Gasteiger partial charge in [0.1, 0.15) is 0 Å². The molecule has 0 radical (unpaired) electrons. The second-order valence-electron chi connectivity index (χ2n) is 9.32. The molecule has 4 unspecified atom stereocenters. The van der Waals surface area contributed by atoms with Crippen LogP contribution in [0.1, 0.15) is 48.5 Å². The summed E-state index contributed by atoms with van der Waals surface area (Å²) < 4.78 is 0. The third kappa shape index (κ3) is 4.12. The molecule has 1 N–H and O–H groups in total. The van der Waals surface area contributed by atoms with Crippen LogP contribution in [0, 0.1) is 17.8 Å². The molecule has 1 heterocycles. The third-order valence-corrected chi connectivity index (χ3v) is 8.51. The Morgan fingerprint density at radius 3 is 2.71 bits per heavy atom. The lowest BCUT2D eigenvalue weighted by molar-refractivity contribution is -0.119. The molecule has 0 saturated heterocycles. The summed E-state index contributed by atoms with van der Waals surface area (Å²) in [4.78, 5) is 28.7. The summed E-state index contributed by atoms with van der Waals surface area (Å²) in [6, 6.07) is 16.0. The molecule has 2 bridgehead atoms. The van der Waals surface area contributed by atoms with Gasteiger partial charge in [0.05, 0.1) is 11.3 Å². The molecule has 162 valence electrons. The molecule has 0 aromatic heterocycles. The van der Waals surface area contributed by atoms with Crippen molar-refractivity contribution < 1.29 is 9.59 Å². The SMILES string of the molecule is CC(NC(=O)CSc1ccccc1C(=O)N1CCc2ccccc21)C1CC2CCC1C2. The number of hydrogen-bond acceptors (Lipinski definition) is 3. The summed E-state index contributed by atoms with van der Waals surface area (Å²) in [6.45, 7) is 2.87. The number of amides is 2. The lowest BCUT2D eigenvalue weighted by atomic mass is 9.84. The van der Waals surface area contributed by atoms with Crippen LogP contribution in [-0.4, -0.2) is 30.2 Å². The zero-order valence-corrected chi connectivity index (χ0v) is 18.9. The predicted molar refractivity (Wildman–Crippen MR) is 126 cm³/mol. The van der Waals surface area contributed by atoms with Gasteiger partial charge >= 0.3 is 0 Å². The minimum absolute atomic E-state index is 0.0174. The van der Waals surface area contributed by atoms with Crippen LogP contribution < -0.4 is 10.2 Å². The monoisotopic (exact) mass is 434 g/mol. The van der Waals surface area contributed by atoms with Crippen LogP contribution >= 0.6 is 11.8 Å². The van der Waals surface area contributed by atoms with Gasteiger partial charge in [-0.1, -0.05) is 36.8 Å². The van der Waals surface area contributed by atoms with Gasteiger partial charge in [0.25, 0.3) is 5.91 Å². The van der Waals surface area contributed by atoms with E-state index < -0.39 is 0 Å². The largest absolute Gasteiger partial charge is 0.353 e. The van der Waals surface area contributed by atoms with E-state index in [4.69, 9.17) is 0 Å². The average molecular weight is 435 g/mol. The van der Waals surface area contributed by atoms with Crippen LogP contribution in [0.4, 0.5) is 5.69 Å². The first-order valence-corrected chi connectivity index (χ1v) is 12.5. The number of thioether (sulfide) groups is 1. The van der Waals surface area contributed by atoms with Crippen LogP contribution in [-0.2, 0) is 11.2 Å². The van der Waals surface area contributed by atoms with Crippen molar-refractivity contribution in [3.8, 4) is 0 Å². The molecule has 1 aliphatic heterocycles. The molecule has 2 aliphatic carbocycles. The molecular formula is C26H30N2O2S. The molecule has 5 rings (SSSR count). The number of anilines is 1. The zero-order valence-electron chi connectivity index (χ0n) is 18.0. The summed E-state index contributed by atoms with van der Waals surface area (Å²) in [5.74, 6) is 2.74. The van der Waals surface area contributed by atoms with Gasteiger partial charge < -0.3 is 10.2 Å². The first kappa shape index (κ1) is 20.6. The van der Waals surface area contributed by atoms with Gasteiger partial charge in [-0.15, -0.1) is 11.8 Å². The Morgan fingerprint density at radius 2 is 1.90 bits per heavy atom. The minimum Gasteiger partial charge on any atom is -0.353 e. The number of benzene rings is 2. The maximum atomic E-state index is 13.3. The van der Waals surface area contributed by atoms with E-state index in [1.165, 1.54) is 43.0 Å². The smallest absolute Gasteiger partial charge is 0.259 e. The molecule has 2 fully saturated rings. The van der Waals surface area contributed by atoms with Gasteiger partial charge in [-0.3, -0.25) is 9.59 Å². The van der Waals surface area contributed by atoms with Gasteiger partial charge in [0, 0.05) is 23.2 Å². The molecule has 2 aromatic carbocycles.